The van der Waals surface area contributed by atoms with Crippen LogP contribution in [-0.2, 0) is 11.3 Å². The monoisotopic (exact) mass is 263 g/mol. The van der Waals surface area contributed by atoms with E-state index in [2.05, 4.69) is 5.32 Å². The predicted molar refractivity (Wildman–Crippen MR) is 72.6 cm³/mol. The highest BCUT2D eigenvalue weighted by Crippen LogP contribution is 2.18. The van der Waals surface area contributed by atoms with Gasteiger partial charge in [-0.05, 0) is 18.4 Å². The number of nitrogens with one attached hydrogen (secondary N) is 1. The zero-order chi connectivity index (χ0) is 13.5. The molecule has 0 radical (unpaired) electrons. The summed E-state index contributed by atoms with van der Waals surface area (Å²) in [5.74, 6) is 0. The first-order chi connectivity index (χ1) is 9.25. The van der Waals surface area contributed by atoms with Crippen LogP contribution in [0.2, 0.25) is 0 Å². The molecule has 0 bridgehead atoms. The molecule has 0 aliphatic heterocycles. The Kier molecular flexibility index (Phi) is 5.21. The van der Waals surface area contributed by atoms with Crippen molar-refractivity contribution < 1.29 is 14.6 Å². The molecule has 1 fully saturated rings. The molecule has 0 aromatic heterocycles. The lowest BCUT2D eigenvalue weighted by atomic mass is 10.1. The Morgan fingerprint density at radius 1 is 1.21 bits per heavy atom. The predicted octanol–water partition coefficient (Wildman–Crippen LogP) is 2.61. The highest BCUT2D eigenvalue weighted by molar-refractivity contribution is 5.67. The van der Waals surface area contributed by atoms with E-state index in [-0.39, 0.29) is 12.6 Å². The highest BCUT2D eigenvalue weighted by Gasteiger charge is 2.23. The lowest BCUT2D eigenvalue weighted by molar-refractivity contribution is 0.0977. The number of amides is 1. The molecule has 1 aliphatic carbocycles. The van der Waals surface area contributed by atoms with Crippen LogP contribution in [0.25, 0.3) is 0 Å². The topological polar surface area (TPSA) is 58.6 Å². The largest absolute Gasteiger partial charge is 0.445 e. The van der Waals surface area contributed by atoms with Crippen LogP contribution in [0.5, 0.6) is 0 Å². The molecule has 0 saturated heterocycles. The van der Waals surface area contributed by atoms with E-state index in [1.54, 1.807) is 0 Å². The average molecular weight is 263 g/mol. The third kappa shape index (κ3) is 4.56. The lowest BCUT2D eigenvalue weighted by Gasteiger charge is -2.21. The van der Waals surface area contributed by atoms with E-state index in [1.807, 2.05) is 30.3 Å². The van der Waals surface area contributed by atoms with Gasteiger partial charge in [-0.2, -0.15) is 0 Å². The van der Waals surface area contributed by atoms with E-state index in [9.17, 15) is 9.90 Å². The number of alkyl carbamates (subject to hydrolysis) is 1. The lowest BCUT2D eigenvalue weighted by Crippen LogP contribution is -2.42. The van der Waals surface area contributed by atoms with E-state index >= 15 is 0 Å². The zero-order valence-corrected chi connectivity index (χ0v) is 11.0. The summed E-state index contributed by atoms with van der Waals surface area (Å²) in [5, 5.41) is 12.7. The van der Waals surface area contributed by atoms with Crippen molar-refractivity contribution in [2.45, 2.75) is 50.9 Å². The van der Waals surface area contributed by atoms with Crippen LogP contribution in [0, 0.1) is 0 Å². The zero-order valence-electron chi connectivity index (χ0n) is 11.0. The van der Waals surface area contributed by atoms with Crippen LogP contribution in [0.1, 0.15) is 37.7 Å². The number of aliphatic hydroxyl groups excluding tert-OH is 1. The second kappa shape index (κ2) is 7.14. The maximum absolute atomic E-state index is 11.7. The molecule has 1 aromatic carbocycles. The molecular formula is C15H21NO3. The maximum atomic E-state index is 11.7. The summed E-state index contributed by atoms with van der Waals surface area (Å²) >= 11 is 0. The van der Waals surface area contributed by atoms with E-state index in [1.165, 1.54) is 0 Å². The van der Waals surface area contributed by atoms with Crippen LogP contribution in [-0.4, -0.2) is 23.3 Å². The van der Waals surface area contributed by atoms with Crippen molar-refractivity contribution in [1.29, 1.82) is 0 Å². The van der Waals surface area contributed by atoms with E-state index < -0.39 is 12.2 Å². The Morgan fingerprint density at radius 3 is 2.74 bits per heavy atom. The summed E-state index contributed by atoms with van der Waals surface area (Å²) in [6.07, 6.45) is 3.86. The Bertz CT molecular complexity index is 394. The first-order valence-electron chi connectivity index (χ1n) is 6.91. The van der Waals surface area contributed by atoms with Gasteiger partial charge in [0.25, 0.3) is 0 Å². The third-order valence-electron chi connectivity index (χ3n) is 3.50. The van der Waals surface area contributed by atoms with Crippen molar-refractivity contribution in [1.82, 2.24) is 5.32 Å². The second-order valence-corrected chi connectivity index (χ2v) is 5.02. The second-order valence-electron chi connectivity index (χ2n) is 5.02. The van der Waals surface area contributed by atoms with E-state index in [4.69, 9.17) is 4.74 Å². The number of rotatable bonds is 3. The van der Waals surface area contributed by atoms with E-state index in [0.29, 0.717) is 0 Å². The molecule has 1 saturated carbocycles. The van der Waals surface area contributed by atoms with Crippen LogP contribution >= 0.6 is 0 Å². The van der Waals surface area contributed by atoms with Crippen LogP contribution in [0.15, 0.2) is 30.3 Å². The van der Waals surface area contributed by atoms with Crippen LogP contribution in [0.4, 0.5) is 4.79 Å². The van der Waals surface area contributed by atoms with Crippen molar-refractivity contribution in [3.8, 4) is 0 Å². The minimum absolute atomic E-state index is 0.175. The minimum atomic E-state index is -0.452. The molecule has 1 amide bonds. The summed E-state index contributed by atoms with van der Waals surface area (Å²) in [5.41, 5.74) is 0.957. The summed E-state index contributed by atoms with van der Waals surface area (Å²) in [4.78, 5) is 11.7. The van der Waals surface area contributed by atoms with E-state index in [0.717, 1.165) is 37.7 Å². The first-order valence-corrected chi connectivity index (χ1v) is 6.91. The third-order valence-corrected chi connectivity index (χ3v) is 3.50. The SMILES string of the molecule is O=C(N[C@@H]1CCCCC[C@@H]1O)OCc1ccccc1. The fourth-order valence-electron chi connectivity index (χ4n) is 2.37. The number of carbonyl (C=O) groups excluding carboxylic acids is 1. The summed E-state index contributed by atoms with van der Waals surface area (Å²) in [7, 11) is 0. The van der Waals surface area contributed by atoms with Crippen molar-refractivity contribution in [3.63, 3.8) is 0 Å². The standard InChI is InChI=1S/C15H21NO3/c17-14-10-6-2-5-9-13(14)16-15(18)19-11-12-7-3-1-4-8-12/h1,3-4,7-8,13-14,17H,2,5-6,9-11H2,(H,16,18)/t13-,14+/m1/s1. The molecule has 4 nitrogen and oxygen atoms in total. The first kappa shape index (κ1) is 13.9. The Hall–Kier alpha value is -1.55. The van der Waals surface area contributed by atoms with Gasteiger partial charge >= 0.3 is 6.09 Å². The van der Waals surface area contributed by atoms with Crippen molar-refractivity contribution in [2.24, 2.45) is 0 Å². The molecule has 2 N–H and O–H groups in total. The van der Waals surface area contributed by atoms with Gasteiger partial charge in [0.15, 0.2) is 0 Å². The molecule has 19 heavy (non-hydrogen) atoms. The van der Waals surface area contributed by atoms with Gasteiger partial charge in [-0.25, -0.2) is 4.79 Å². The quantitative estimate of drug-likeness (QED) is 0.824. The summed E-state index contributed by atoms with van der Waals surface area (Å²) < 4.78 is 5.16. The molecule has 104 valence electrons. The van der Waals surface area contributed by atoms with Gasteiger partial charge < -0.3 is 15.2 Å². The van der Waals surface area contributed by atoms with Crippen molar-refractivity contribution >= 4 is 6.09 Å². The average Bonchev–Trinajstić information content (AvgIpc) is 2.63. The van der Waals surface area contributed by atoms with Gasteiger partial charge in [0.2, 0.25) is 0 Å². The summed E-state index contributed by atoms with van der Waals surface area (Å²) in [6, 6.07) is 9.38. The van der Waals surface area contributed by atoms with Gasteiger partial charge in [-0.3, -0.25) is 0 Å². The number of ether oxygens (including phenoxy) is 1. The molecule has 2 rings (SSSR count). The Morgan fingerprint density at radius 2 is 1.95 bits per heavy atom. The molecule has 2 atom stereocenters. The van der Waals surface area contributed by atoms with Crippen molar-refractivity contribution in [3.05, 3.63) is 35.9 Å². The Balaban J connectivity index is 1.77. The molecule has 0 unspecified atom stereocenters. The molecule has 4 heteroatoms. The fourth-order valence-corrected chi connectivity index (χ4v) is 2.37. The van der Waals surface area contributed by atoms with Crippen LogP contribution in [0.3, 0.4) is 0 Å². The maximum Gasteiger partial charge on any atom is 0.407 e. The highest BCUT2D eigenvalue weighted by atomic mass is 16.5. The fraction of sp³-hybridized carbons (Fsp3) is 0.533. The molecule has 1 aliphatic rings. The van der Waals surface area contributed by atoms with Crippen LogP contribution < -0.4 is 5.32 Å². The number of benzene rings is 1. The van der Waals surface area contributed by atoms with Gasteiger partial charge in [0.05, 0.1) is 12.1 Å². The molecular weight excluding hydrogens is 242 g/mol. The van der Waals surface area contributed by atoms with Gasteiger partial charge in [-0.1, -0.05) is 49.6 Å². The molecule has 0 spiro atoms. The number of carbonyl (C=O) groups is 1. The van der Waals surface area contributed by atoms with Gasteiger partial charge in [0.1, 0.15) is 6.61 Å². The van der Waals surface area contributed by atoms with Gasteiger partial charge in [0, 0.05) is 0 Å². The van der Waals surface area contributed by atoms with Gasteiger partial charge in [-0.15, -0.1) is 0 Å². The van der Waals surface area contributed by atoms with Crippen molar-refractivity contribution in [2.75, 3.05) is 0 Å². The minimum Gasteiger partial charge on any atom is -0.445 e. The molecule has 0 heterocycles. The summed E-state index contributed by atoms with van der Waals surface area (Å²) in [6.45, 7) is 0.259. The number of aliphatic hydroxyl groups is 1. The number of hydrogen-bond donors (Lipinski definition) is 2. The Labute approximate surface area is 113 Å². The number of hydrogen-bond acceptors (Lipinski definition) is 3. The smallest absolute Gasteiger partial charge is 0.407 e. The normalized spacial score (nSPS) is 23.4. The molecule has 1 aromatic rings.